The molecular formula is C31H40FN7O4. The fourth-order valence-corrected chi connectivity index (χ4v) is 4.77. The monoisotopic (exact) mass is 593 g/mol. The number of rotatable bonds is 9. The second-order valence-corrected chi connectivity index (χ2v) is 11.6. The first kappa shape index (κ1) is 31.6. The molecule has 1 aliphatic carbocycles. The summed E-state index contributed by atoms with van der Waals surface area (Å²) in [6, 6.07) is 1.52. The van der Waals surface area contributed by atoms with Crippen LogP contribution < -0.4 is 10.2 Å². The third-order valence-corrected chi connectivity index (χ3v) is 7.10. The Kier molecular flexibility index (Phi) is 10.1. The van der Waals surface area contributed by atoms with Gasteiger partial charge in [0.15, 0.2) is 17.7 Å². The number of hydrogen-bond acceptors (Lipinski definition) is 9. The van der Waals surface area contributed by atoms with E-state index in [9.17, 15) is 14.0 Å². The molecule has 43 heavy (non-hydrogen) atoms. The van der Waals surface area contributed by atoms with Crippen LogP contribution in [0.1, 0.15) is 64.4 Å². The lowest BCUT2D eigenvalue weighted by Gasteiger charge is -2.35. The fourth-order valence-electron chi connectivity index (χ4n) is 4.77. The highest BCUT2D eigenvalue weighted by Gasteiger charge is 2.35. The number of alkyl halides is 1. The largest absolute Gasteiger partial charge is 0.484 e. The molecule has 0 spiro atoms. The molecule has 0 aromatic carbocycles. The smallest absolute Gasteiger partial charge is 0.410 e. The Morgan fingerprint density at radius 1 is 1.33 bits per heavy atom. The highest BCUT2D eigenvalue weighted by Crippen LogP contribution is 2.32. The molecule has 3 unspecified atom stereocenters. The average Bonchev–Trinajstić information content (AvgIpc) is 2.98. The molecule has 2 aromatic rings. The zero-order valence-corrected chi connectivity index (χ0v) is 25.4. The molecule has 3 heterocycles. The molecule has 0 N–H and O–H groups in total. The summed E-state index contributed by atoms with van der Waals surface area (Å²) in [4.78, 5) is 35.3. The van der Waals surface area contributed by atoms with Crippen molar-refractivity contribution in [3.05, 3.63) is 76.9 Å². The van der Waals surface area contributed by atoms with Crippen LogP contribution in [-0.2, 0) is 11.3 Å². The minimum absolute atomic E-state index is 0.0985. The minimum atomic E-state index is -1.37. The van der Waals surface area contributed by atoms with Gasteiger partial charge in [-0.15, -0.1) is 0 Å². The molecule has 2 aromatic heterocycles. The molecule has 1 amide bonds. The molecule has 1 fully saturated rings. The number of aromatic nitrogens is 4. The number of piperidine rings is 1. The molecule has 1 saturated heterocycles. The Balaban J connectivity index is 1.39. The van der Waals surface area contributed by atoms with Crippen LogP contribution in [0, 0.1) is 0 Å². The van der Waals surface area contributed by atoms with Crippen molar-refractivity contribution < 1.29 is 18.7 Å². The van der Waals surface area contributed by atoms with Crippen molar-refractivity contribution in [3.63, 3.8) is 0 Å². The zero-order chi connectivity index (χ0) is 31.1. The Morgan fingerprint density at radius 3 is 2.74 bits per heavy atom. The normalized spacial score (nSPS) is 19.8. The van der Waals surface area contributed by atoms with E-state index in [0.29, 0.717) is 36.8 Å². The summed E-state index contributed by atoms with van der Waals surface area (Å²) in [6.07, 6.45) is 11.3. The SMILES string of the molecule is C=CN(C)/N=C\Cn1ccc(=O)c(C(C)C2=CC(c3ncc(OC4CCN(C(=O)OC(C)(C)C)CC4F)cn3)=CCC2)n1. The van der Waals surface area contributed by atoms with E-state index in [1.54, 1.807) is 56.1 Å². The van der Waals surface area contributed by atoms with Crippen LogP contribution in [0.4, 0.5) is 9.18 Å². The predicted octanol–water partition coefficient (Wildman–Crippen LogP) is 4.73. The van der Waals surface area contributed by atoms with Crippen molar-refractivity contribution in [1.82, 2.24) is 29.7 Å². The molecule has 11 nitrogen and oxygen atoms in total. The van der Waals surface area contributed by atoms with Crippen LogP contribution in [0.15, 0.2) is 65.1 Å². The summed E-state index contributed by atoms with van der Waals surface area (Å²) in [5, 5.41) is 10.4. The maximum absolute atomic E-state index is 14.9. The van der Waals surface area contributed by atoms with Gasteiger partial charge in [0.1, 0.15) is 17.4 Å². The lowest BCUT2D eigenvalue weighted by Crippen LogP contribution is -2.50. The van der Waals surface area contributed by atoms with Crippen LogP contribution >= 0.6 is 0 Å². The first-order chi connectivity index (χ1) is 20.4. The number of likely N-dealkylation sites (tertiary alicyclic amines) is 1. The Labute approximate surface area is 251 Å². The second-order valence-electron chi connectivity index (χ2n) is 11.6. The van der Waals surface area contributed by atoms with Gasteiger partial charge in [-0.3, -0.25) is 14.5 Å². The van der Waals surface area contributed by atoms with Gasteiger partial charge in [-0.05, 0) is 33.6 Å². The molecule has 3 atom stereocenters. The third kappa shape index (κ3) is 8.59. The summed E-state index contributed by atoms with van der Waals surface area (Å²) in [7, 11) is 1.78. The van der Waals surface area contributed by atoms with Crippen molar-refractivity contribution in [3.8, 4) is 5.75 Å². The number of ether oxygens (including phenoxy) is 2. The van der Waals surface area contributed by atoms with E-state index >= 15 is 0 Å². The Bertz CT molecular complexity index is 1450. The van der Waals surface area contributed by atoms with Gasteiger partial charge < -0.3 is 14.4 Å². The Hall–Kier alpha value is -4.35. The van der Waals surface area contributed by atoms with Gasteiger partial charge in [0.2, 0.25) is 5.43 Å². The number of hydrogen-bond donors (Lipinski definition) is 0. The van der Waals surface area contributed by atoms with Crippen molar-refractivity contribution in [1.29, 1.82) is 0 Å². The highest BCUT2D eigenvalue weighted by molar-refractivity contribution is 5.72. The van der Waals surface area contributed by atoms with E-state index in [1.165, 1.54) is 23.4 Å². The van der Waals surface area contributed by atoms with Gasteiger partial charge in [-0.25, -0.2) is 19.2 Å². The lowest BCUT2D eigenvalue weighted by molar-refractivity contribution is -0.0107. The second kappa shape index (κ2) is 13.7. The number of hydrazone groups is 1. The van der Waals surface area contributed by atoms with Gasteiger partial charge in [0.25, 0.3) is 0 Å². The van der Waals surface area contributed by atoms with Crippen molar-refractivity contribution in [2.75, 3.05) is 20.1 Å². The number of carbonyl (C=O) groups is 1. The van der Waals surface area contributed by atoms with E-state index in [1.807, 2.05) is 13.0 Å². The van der Waals surface area contributed by atoms with Crippen molar-refractivity contribution >= 4 is 17.9 Å². The molecule has 4 rings (SSSR count). The van der Waals surface area contributed by atoms with E-state index in [0.717, 1.165) is 24.0 Å². The van der Waals surface area contributed by atoms with Gasteiger partial charge >= 0.3 is 6.09 Å². The molecule has 230 valence electrons. The van der Waals surface area contributed by atoms with E-state index in [4.69, 9.17) is 9.47 Å². The Morgan fingerprint density at radius 2 is 2.07 bits per heavy atom. The molecule has 12 heteroatoms. The fraction of sp³-hybridized carbons (Fsp3) is 0.484. The topological polar surface area (TPSA) is 115 Å². The number of carbonyl (C=O) groups excluding carboxylic acids is 1. The molecular weight excluding hydrogens is 553 g/mol. The minimum Gasteiger partial charge on any atom is -0.484 e. The van der Waals surface area contributed by atoms with Crippen LogP contribution in [0.2, 0.25) is 0 Å². The number of nitrogens with zero attached hydrogens (tertiary/aromatic N) is 7. The average molecular weight is 594 g/mol. The third-order valence-electron chi connectivity index (χ3n) is 7.10. The standard InChI is InChI=1S/C31H40FN7O4/c1-7-37(6)35-13-16-39-15-11-26(40)28(36-39)21(2)22-9-8-10-23(17-22)29-33-18-24(19-34-29)42-27-12-14-38(20-25(27)32)30(41)43-31(3,4)5/h7,10-11,13,15,17-19,21,25,27H,1,8-9,12,14,16,20H2,2-6H3/b35-13-. The first-order valence-corrected chi connectivity index (χ1v) is 14.4. The predicted molar refractivity (Wildman–Crippen MR) is 162 cm³/mol. The molecule has 2 aliphatic rings. The van der Waals surface area contributed by atoms with Gasteiger partial charge in [0.05, 0.1) is 25.5 Å². The maximum Gasteiger partial charge on any atom is 0.410 e. The van der Waals surface area contributed by atoms with Crippen molar-refractivity contribution in [2.24, 2.45) is 5.10 Å². The van der Waals surface area contributed by atoms with Crippen LogP contribution in [0.25, 0.3) is 5.57 Å². The molecule has 0 bridgehead atoms. The quantitative estimate of drug-likeness (QED) is 0.303. The van der Waals surface area contributed by atoms with E-state index in [2.05, 4.69) is 32.8 Å². The lowest BCUT2D eigenvalue weighted by atomic mass is 9.88. The van der Waals surface area contributed by atoms with Crippen molar-refractivity contribution in [2.45, 2.75) is 77.3 Å². The zero-order valence-electron chi connectivity index (χ0n) is 25.4. The number of amides is 1. The number of allylic oxidation sites excluding steroid dienone is 4. The van der Waals surface area contributed by atoms with Gasteiger partial charge in [0, 0.05) is 56.2 Å². The molecule has 0 radical (unpaired) electrons. The van der Waals surface area contributed by atoms with Gasteiger partial charge in [-0.1, -0.05) is 31.2 Å². The van der Waals surface area contributed by atoms with Crippen LogP contribution in [0.3, 0.4) is 0 Å². The van der Waals surface area contributed by atoms with Crippen LogP contribution in [-0.4, -0.2) is 80.0 Å². The number of halogens is 1. The molecule has 0 saturated carbocycles. The summed E-state index contributed by atoms with van der Waals surface area (Å²) in [5.41, 5.74) is 1.59. The maximum atomic E-state index is 14.9. The first-order valence-electron chi connectivity index (χ1n) is 14.4. The summed E-state index contributed by atoms with van der Waals surface area (Å²) >= 11 is 0. The van der Waals surface area contributed by atoms with Crippen LogP contribution in [0.5, 0.6) is 5.75 Å². The molecule has 1 aliphatic heterocycles. The highest BCUT2D eigenvalue weighted by atomic mass is 19.1. The van der Waals surface area contributed by atoms with E-state index in [-0.39, 0.29) is 17.9 Å². The summed E-state index contributed by atoms with van der Waals surface area (Å²) in [5.74, 6) is 0.661. The van der Waals surface area contributed by atoms with E-state index < -0.39 is 24.0 Å². The van der Waals surface area contributed by atoms with Gasteiger partial charge in [-0.2, -0.15) is 10.2 Å². The summed E-state index contributed by atoms with van der Waals surface area (Å²) in [6.45, 7) is 11.6. The summed E-state index contributed by atoms with van der Waals surface area (Å²) < 4.78 is 27.8.